The number of unbranched alkanes of at least 4 members (excludes halogenated alkanes) is 2. The Morgan fingerprint density at radius 3 is 2.92 bits per heavy atom. The lowest BCUT2D eigenvalue weighted by molar-refractivity contribution is 0.1000. The van der Waals surface area contributed by atoms with Crippen LogP contribution in [0.15, 0.2) is 36.5 Å². The third-order valence-electron chi connectivity index (χ3n) is 4.61. The lowest BCUT2D eigenvalue weighted by atomic mass is 10.1. The van der Waals surface area contributed by atoms with Crippen molar-refractivity contribution in [2.24, 2.45) is 5.73 Å². The zero-order valence-corrected chi connectivity index (χ0v) is 14.6. The molecule has 1 atom stereocenters. The predicted octanol–water partition coefficient (Wildman–Crippen LogP) is 3.74. The van der Waals surface area contributed by atoms with E-state index in [9.17, 15) is 4.79 Å². The summed E-state index contributed by atoms with van der Waals surface area (Å²) in [5, 5.41) is 3.66. The number of pyridine rings is 1. The Kier molecular flexibility index (Phi) is 5.66. The van der Waals surface area contributed by atoms with Gasteiger partial charge in [0, 0.05) is 18.3 Å². The Bertz CT molecular complexity index is 728. The van der Waals surface area contributed by atoms with Gasteiger partial charge in [0.1, 0.15) is 5.75 Å². The Balaban J connectivity index is 1.63. The molecule has 25 heavy (non-hydrogen) atoms. The van der Waals surface area contributed by atoms with Gasteiger partial charge in [-0.3, -0.25) is 4.79 Å². The van der Waals surface area contributed by atoms with Crippen molar-refractivity contribution in [1.82, 2.24) is 10.3 Å². The second kappa shape index (κ2) is 8.12. The van der Waals surface area contributed by atoms with E-state index in [0.717, 1.165) is 25.1 Å². The van der Waals surface area contributed by atoms with Crippen LogP contribution in [-0.2, 0) is 6.42 Å². The van der Waals surface area contributed by atoms with Gasteiger partial charge in [-0.15, -0.1) is 0 Å². The van der Waals surface area contributed by atoms with Gasteiger partial charge in [0.15, 0.2) is 0 Å². The van der Waals surface area contributed by atoms with Crippen LogP contribution in [0.5, 0.6) is 11.6 Å². The smallest absolute Gasteiger partial charge is 0.250 e. The van der Waals surface area contributed by atoms with Crippen LogP contribution in [0, 0.1) is 0 Å². The third-order valence-corrected chi connectivity index (χ3v) is 4.61. The highest BCUT2D eigenvalue weighted by Crippen LogP contribution is 2.34. The second-order valence-electron chi connectivity index (χ2n) is 6.46. The fourth-order valence-corrected chi connectivity index (χ4v) is 3.23. The summed E-state index contributed by atoms with van der Waals surface area (Å²) < 4.78 is 5.80. The summed E-state index contributed by atoms with van der Waals surface area (Å²) in [4.78, 5) is 15.2. The lowest BCUT2D eigenvalue weighted by Gasteiger charge is -2.14. The summed E-state index contributed by atoms with van der Waals surface area (Å²) >= 11 is 0. The first-order valence-corrected chi connectivity index (χ1v) is 8.97. The van der Waals surface area contributed by atoms with Gasteiger partial charge in [-0.1, -0.05) is 25.8 Å². The normalized spacial score (nSPS) is 15.8. The van der Waals surface area contributed by atoms with Crippen LogP contribution < -0.4 is 15.8 Å². The maximum Gasteiger partial charge on any atom is 0.250 e. The van der Waals surface area contributed by atoms with Crippen LogP contribution in [0.3, 0.4) is 0 Å². The summed E-state index contributed by atoms with van der Waals surface area (Å²) in [5.74, 6) is 0.732. The van der Waals surface area contributed by atoms with Gasteiger partial charge >= 0.3 is 0 Å². The first-order valence-electron chi connectivity index (χ1n) is 8.97. The number of nitrogens with two attached hydrogens (primary N) is 1. The molecule has 0 spiro atoms. The zero-order chi connectivity index (χ0) is 17.6. The number of nitrogens with zero attached hydrogens (tertiary/aromatic N) is 1. The van der Waals surface area contributed by atoms with Crippen molar-refractivity contribution in [1.29, 1.82) is 0 Å². The molecule has 1 amide bonds. The Morgan fingerprint density at radius 2 is 2.20 bits per heavy atom. The van der Waals surface area contributed by atoms with E-state index in [0.29, 0.717) is 17.5 Å². The van der Waals surface area contributed by atoms with E-state index in [-0.39, 0.29) is 0 Å². The van der Waals surface area contributed by atoms with Crippen LogP contribution >= 0.6 is 0 Å². The van der Waals surface area contributed by atoms with Crippen molar-refractivity contribution in [3.63, 3.8) is 0 Å². The molecule has 0 bridgehead atoms. The number of carbonyl (C=O) groups is 1. The van der Waals surface area contributed by atoms with E-state index in [2.05, 4.69) is 29.4 Å². The number of primary amides is 1. The number of hydrogen-bond acceptors (Lipinski definition) is 4. The first kappa shape index (κ1) is 17.4. The molecule has 5 heteroatoms. The summed E-state index contributed by atoms with van der Waals surface area (Å²) in [5.41, 5.74) is 8.30. The molecule has 0 radical (unpaired) electrons. The number of benzene rings is 1. The number of ether oxygens (including phenoxy) is 1. The molecule has 2 aromatic rings. The topological polar surface area (TPSA) is 77.2 Å². The number of fused-ring (bicyclic) bond motifs is 1. The quantitative estimate of drug-likeness (QED) is 0.718. The third kappa shape index (κ3) is 4.37. The summed E-state index contributed by atoms with van der Waals surface area (Å²) in [7, 11) is 0. The van der Waals surface area contributed by atoms with Crippen molar-refractivity contribution < 1.29 is 9.53 Å². The van der Waals surface area contributed by atoms with Gasteiger partial charge < -0.3 is 15.8 Å². The maximum absolute atomic E-state index is 11.1. The van der Waals surface area contributed by atoms with Crippen LogP contribution in [0.1, 0.15) is 60.1 Å². The largest absolute Gasteiger partial charge is 0.439 e. The molecule has 3 rings (SSSR count). The fraction of sp³-hybridized carbons (Fsp3) is 0.400. The molecule has 1 aliphatic rings. The molecule has 5 nitrogen and oxygen atoms in total. The lowest BCUT2D eigenvalue weighted by Crippen LogP contribution is -2.20. The molecule has 1 unspecified atom stereocenters. The highest BCUT2D eigenvalue weighted by Gasteiger charge is 2.22. The van der Waals surface area contributed by atoms with Crippen molar-refractivity contribution in [3.05, 3.63) is 53.2 Å². The summed E-state index contributed by atoms with van der Waals surface area (Å²) in [6.07, 6.45) is 7.39. The van der Waals surface area contributed by atoms with Crippen molar-refractivity contribution in [3.8, 4) is 11.6 Å². The minimum Gasteiger partial charge on any atom is -0.439 e. The van der Waals surface area contributed by atoms with Gasteiger partial charge in [-0.25, -0.2) is 4.98 Å². The standard InChI is InChI=1S/C20H25N3O2/c1-2-3-4-11-22-18-9-5-14-12-16(7-8-17(14)18)25-19-10-6-15(13-23-19)20(21)24/h6-8,10,12-13,18,22H,2-5,9,11H2,1H3,(H2,21,24). The molecule has 0 saturated heterocycles. The van der Waals surface area contributed by atoms with E-state index < -0.39 is 5.91 Å². The van der Waals surface area contributed by atoms with Crippen LogP contribution in [0.2, 0.25) is 0 Å². The number of amides is 1. The van der Waals surface area contributed by atoms with Crippen molar-refractivity contribution in [2.45, 2.75) is 45.1 Å². The van der Waals surface area contributed by atoms with Gasteiger partial charge in [-0.05, 0) is 55.1 Å². The average Bonchev–Trinajstić information content (AvgIpc) is 3.01. The molecule has 3 N–H and O–H groups in total. The number of nitrogens with one attached hydrogen (secondary N) is 1. The minimum absolute atomic E-state index is 0.373. The predicted molar refractivity (Wildman–Crippen MR) is 97.9 cm³/mol. The molecule has 0 fully saturated rings. The second-order valence-corrected chi connectivity index (χ2v) is 6.46. The molecule has 0 saturated carbocycles. The van der Waals surface area contributed by atoms with E-state index >= 15 is 0 Å². The van der Waals surface area contributed by atoms with E-state index in [4.69, 9.17) is 10.5 Å². The van der Waals surface area contributed by atoms with E-state index in [1.807, 2.05) is 6.07 Å². The van der Waals surface area contributed by atoms with Gasteiger partial charge in [0.25, 0.3) is 0 Å². The molecule has 1 aliphatic carbocycles. The molecule has 1 aromatic carbocycles. The van der Waals surface area contributed by atoms with Crippen LogP contribution in [-0.4, -0.2) is 17.4 Å². The molecule has 1 aromatic heterocycles. The average molecular weight is 339 g/mol. The number of aromatic nitrogens is 1. The van der Waals surface area contributed by atoms with Crippen LogP contribution in [0.25, 0.3) is 0 Å². The number of carbonyl (C=O) groups excluding carboxylic acids is 1. The van der Waals surface area contributed by atoms with Gasteiger partial charge in [0.2, 0.25) is 11.8 Å². The SMILES string of the molecule is CCCCCNC1CCc2cc(Oc3ccc(C(N)=O)cn3)ccc21. The highest BCUT2D eigenvalue weighted by molar-refractivity contribution is 5.92. The first-order chi connectivity index (χ1) is 12.2. The van der Waals surface area contributed by atoms with Gasteiger partial charge in [-0.2, -0.15) is 0 Å². The molecule has 1 heterocycles. The van der Waals surface area contributed by atoms with E-state index in [1.165, 1.54) is 36.6 Å². The zero-order valence-electron chi connectivity index (χ0n) is 14.6. The van der Waals surface area contributed by atoms with Gasteiger partial charge in [0.05, 0.1) is 5.56 Å². The molecular weight excluding hydrogens is 314 g/mol. The number of hydrogen-bond donors (Lipinski definition) is 2. The Hall–Kier alpha value is -2.40. The highest BCUT2D eigenvalue weighted by atomic mass is 16.5. The summed E-state index contributed by atoms with van der Waals surface area (Å²) in [6.45, 7) is 3.30. The van der Waals surface area contributed by atoms with Crippen molar-refractivity contribution in [2.75, 3.05) is 6.54 Å². The number of aryl methyl sites for hydroxylation is 1. The fourth-order valence-electron chi connectivity index (χ4n) is 3.23. The maximum atomic E-state index is 11.1. The Labute approximate surface area is 148 Å². The molecule has 132 valence electrons. The van der Waals surface area contributed by atoms with Crippen molar-refractivity contribution >= 4 is 5.91 Å². The minimum atomic E-state index is -0.492. The monoisotopic (exact) mass is 339 g/mol. The van der Waals surface area contributed by atoms with E-state index in [1.54, 1.807) is 12.1 Å². The van der Waals surface area contributed by atoms with Crippen LogP contribution in [0.4, 0.5) is 0 Å². The Morgan fingerprint density at radius 1 is 1.32 bits per heavy atom. The summed E-state index contributed by atoms with van der Waals surface area (Å²) in [6, 6.07) is 9.95. The number of rotatable bonds is 8. The molecule has 0 aliphatic heterocycles. The molecular formula is C20H25N3O2.